The molecular formula is C18H20FN3O3. The van der Waals surface area contributed by atoms with Crippen LogP contribution in [0.25, 0.3) is 0 Å². The first-order chi connectivity index (χ1) is 12.0. The maximum Gasteiger partial charge on any atom is 0.322 e. The van der Waals surface area contributed by atoms with Gasteiger partial charge in [-0.05, 0) is 37.0 Å². The predicted octanol–water partition coefficient (Wildman–Crippen LogP) is 1.45. The maximum atomic E-state index is 13.7. The lowest BCUT2D eigenvalue weighted by Crippen LogP contribution is -2.52. The summed E-state index contributed by atoms with van der Waals surface area (Å²) >= 11 is 0. The van der Waals surface area contributed by atoms with Crippen molar-refractivity contribution in [2.24, 2.45) is 0 Å². The molecule has 1 saturated carbocycles. The van der Waals surface area contributed by atoms with Crippen molar-refractivity contribution in [3.8, 4) is 0 Å². The van der Waals surface area contributed by atoms with Crippen molar-refractivity contribution in [3.63, 3.8) is 0 Å². The van der Waals surface area contributed by atoms with Crippen LogP contribution < -0.4 is 10.6 Å². The van der Waals surface area contributed by atoms with Gasteiger partial charge in [0.1, 0.15) is 11.4 Å². The summed E-state index contributed by atoms with van der Waals surface area (Å²) in [6.45, 7) is 0.573. The minimum absolute atomic E-state index is 0.0681. The molecule has 1 aromatic rings. The smallest absolute Gasteiger partial charge is 0.322 e. The standard InChI is InChI=1S/C18H20FN3O3/c19-13-5-3-4-12(10-13)17(6-1-2-7-17)15(24)22-9-8-18(11-22)14(23)20-16(25)21-18/h3-5,10H,1-2,6-9,11H2,(H2,20,21,23,25)/t18-/m0/s1. The molecule has 0 radical (unpaired) electrons. The summed E-state index contributed by atoms with van der Waals surface area (Å²) in [6.07, 6.45) is 3.58. The van der Waals surface area contributed by atoms with E-state index in [2.05, 4.69) is 10.6 Å². The number of imide groups is 1. The average molecular weight is 345 g/mol. The van der Waals surface area contributed by atoms with E-state index in [-0.39, 0.29) is 24.2 Å². The molecule has 1 aliphatic carbocycles. The minimum atomic E-state index is -1.02. The molecule has 3 aliphatic rings. The zero-order chi connectivity index (χ0) is 17.7. The largest absolute Gasteiger partial charge is 0.339 e. The van der Waals surface area contributed by atoms with Crippen LogP contribution in [0.4, 0.5) is 9.18 Å². The van der Waals surface area contributed by atoms with E-state index in [9.17, 15) is 18.8 Å². The maximum absolute atomic E-state index is 13.7. The van der Waals surface area contributed by atoms with Gasteiger partial charge in [-0.3, -0.25) is 14.9 Å². The zero-order valence-corrected chi connectivity index (χ0v) is 13.8. The molecule has 2 aliphatic heterocycles. The number of nitrogens with zero attached hydrogens (tertiary/aromatic N) is 1. The molecule has 0 unspecified atom stereocenters. The molecule has 1 spiro atoms. The van der Waals surface area contributed by atoms with Crippen LogP contribution in [-0.4, -0.2) is 41.4 Å². The quantitative estimate of drug-likeness (QED) is 0.797. The summed E-state index contributed by atoms with van der Waals surface area (Å²) in [5.74, 6) is -0.794. The van der Waals surface area contributed by atoms with Crippen molar-refractivity contribution < 1.29 is 18.8 Å². The van der Waals surface area contributed by atoms with Gasteiger partial charge in [0.25, 0.3) is 5.91 Å². The van der Waals surface area contributed by atoms with Crippen LogP contribution >= 0.6 is 0 Å². The zero-order valence-electron chi connectivity index (χ0n) is 13.8. The number of hydrogen-bond acceptors (Lipinski definition) is 3. The number of urea groups is 1. The molecule has 0 bridgehead atoms. The number of rotatable bonds is 2. The molecule has 25 heavy (non-hydrogen) atoms. The summed E-state index contributed by atoms with van der Waals surface area (Å²) in [7, 11) is 0. The molecule has 2 heterocycles. The van der Waals surface area contributed by atoms with Gasteiger partial charge in [0.2, 0.25) is 5.91 Å². The van der Waals surface area contributed by atoms with Gasteiger partial charge in [-0.25, -0.2) is 9.18 Å². The van der Waals surface area contributed by atoms with Crippen LogP contribution in [0.1, 0.15) is 37.7 Å². The fourth-order valence-corrected chi connectivity index (χ4v) is 4.49. The summed E-state index contributed by atoms with van der Waals surface area (Å²) in [6, 6.07) is 5.75. The number of amides is 4. The van der Waals surface area contributed by atoms with Gasteiger partial charge in [0.05, 0.1) is 12.0 Å². The Morgan fingerprint density at radius 2 is 1.92 bits per heavy atom. The van der Waals surface area contributed by atoms with Crippen LogP contribution in [-0.2, 0) is 15.0 Å². The lowest BCUT2D eigenvalue weighted by molar-refractivity contribution is -0.136. The van der Waals surface area contributed by atoms with Gasteiger partial charge in [-0.15, -0.1) is 0 Å². The summed E-state index contributed by atoms with van der Waals surface area (Å²) < 4.78 is 13.7. The molecule has 1 aromatic carbocycles. The molecular weight excluding hydrogens is 325 g/mol. The third kappa shape index (κ3) is 2.41. The number of halogens is 1. The predicted molar refractivity (Wildman–Crippen MR) is 87.1 cm³/mol. The number of carbonyl (C=O) groups is 3. The molecule has 3 fully saturated rings. The number of hydrogen-bond donors (Lipinski definition) is 2. The molecule has 6 nitrogen and oxygen atoms in total. The molecule has 2 N–H and O–H groups in total. The van der Waals surface area contributed by atoms with Crippen molar-refractivity contribution in [3.05, 3.63) is 35.6 Å². The van der Waals surface area contributed by atoms with Crippen LogP contribution in [0.5, 0.6) is 0 Å². The second kappa shape index (κ2) is 5.54. The molecule has 4 rings (SSSR count). The third-order valence-electron chi connectivity index (χ3n) is 5.81. The highest BCUT2D eigenvalue weighted by atomic mass is 19.1. The van der Waals surface area contributed by atoms with E-state index in [1.54, 1.807) is 11.0 Å². The second-order valence-electron chi connectivity index (χ2n) is 7.27. The molecule has 1 atom stereocenters. The van der Waals surface area contributed by atoms with Crippen molar-refractivity contribution >= 4 is 17.8 Å². The van der Waals surface area contributed by atoms with E-state index >= 15 is 0 Å². The Balaban J connectivity index is 1.63. The van der Waals surface area contributed by atoms with E-state index in [0.717, 1.165) is 12.8 Å². The molecule has 132 valence electrons. The normalized spacial score (nSPS) is 27.6. The highest BCUT2D eigenvalue weighted by molar-refractivity contribution is 6.08. The Hall–Kier alpha value is -2.44. The minimum Gasteiger partial charge on any atom is -0.339 e. The van der Waals surface area contributed by atoms with Gasteiger partial charge >= 0.3 is 6.03 Å². The topological polar surface area (TPSA) is 78.5 Å². The van der Waals surface area contributed by atoms with Crippen molar-refractivity contribution in [2.45, 2.75) is 43.1 Å². The first-order valence-corrected chi connectivity index (χ1v) is 8.64. The highest BCUT2D eigenvalue weighted by Gasteiger charge is 2.54. The van der Waals surface area contributed by atoms with Gasteiger partial charge < -0.3 is 10.2 Å². The first kappa shape index (κ1) is 16.1. The van der Waals surface area contributed by atoms with Crippen LogP contribution in [0.3, 0.4) is 0 Å². The Labute approximate surface area is 144 Å². The fourth-order valence-electron chi connectivity index (χ4n) is 4.49. The molecule has 4 amide bonds. The van der Waals surface area contributed by atoms with Crippen LogP contribution in [0.2, 0.25) is 0 Å². The number of nitrogens with one attached hydrogen (secondary N) is 2. The van der Waals surface area contributed by atoms with Gasteiger partial charge in [0.15, 0.2) is 0 Å². The second-order valence-corrected chi connectivity index (χ2v) is 7.27. The molecule has 7 heteroatoms. The Bertz CT molecular complexity index is 760. The lowest BCUT2D eigenvalue weighted by atomic mass is 9.77. The van der Waals surface area contributed by atoms with Crippen molar-refractivity contribution in [1.82, 2.24) is 15.5 Å². The summed E-state index contributed by atoms with van der Waals surface area (Å²) in [5, 5.41) is 4.91. The fraction of sp³-hybridized carbons (Fsp3) is 0.500. The van der Waals surface area contributed by atoms with Crippen molar-refractivity contribution in [1.29, 1.82) is 0 Å². The Morgan fingerprint density at radius 1 is 1.16 bits per heavy atom. The van der Waals surface area contributed by atoms with E-state index in [1.807, 2.05) is 6.07 Å². The Kier molecular flexibility index (Phi) is 3.56. The number of likely N-dealkylation sites (tertiary alicyclic amines) is 1. The number of benzene rings is 1. The van der Waals surface area contributed by atoms with Crippen LogP contribution in [0.15, 0.2) is 24.3 Å². The first-order valence-electron chi connectivity index (χ1n) is 8.64. The average Bonchev–Trinajstić information content (AvgIpc) is 3.28. The lowest BCUT2D eigenvalue weighted by Gasteiger charge is -2.33. The van der Waals surface area contributed by atoms with E-state index in [4.69, 9.17) is 0 Å². The summed E-state index contributed by atoms with van der Waals surface area (Å²) in [5.41, 5.74) is -1.04. The summed E-state index contributed by atoms with van der Waals surface area (Å²) in [4.78, 5) is 38.6. The highest BCUT2D eigenvalue weighted by Crippen LogP contribution is 2.44. The molecule has 2 saturated heterocycles. The van der Waals surface area contributed by atoms with Gasteiger partial charge in [0, 0.05) is 6.54 Å². The van der Waals surface area contributed by atoms with Crippen molar-refractivity contribution in [2.75, 3.05) is 13.1 Å². The van der Waals surface area contributed by atoms with Gasteiger partial charge in [-0.1, -0.05) is 25.0 Å². The number of carbonyl (C=O) groups excluding carboxylic acids is 3. The third-order valence-corrected chi connectivity index (χ3v) is 5.81. The van der Waals surface area contributed by atoms with E-state index in [0.29, 0.717) is 31.4 Å². The van der Waals surface area contributed by atoms with Crippen LogP contribution in [0, 0.1) is 5.82 Å². The van der Waals surface area contributed by atoms with E-state index in [1.165, 1.54) is 12.1 Å². The Morgan fingerprint density at radius 3 is 2.56 bits per heavy atom. The SMILES string of the molecule is O=C1NC(=O)[C@@]2(CCN(C(=O)C3(c4cccc(F)c4)CCCC3)C2)N1. The van der Waals surface area contributed by atoms with Gasteiger partial charge in [-0.2, -0.15) is 0 Å². The monoisotopic (exact) mass is 345 g/mol. The molecule has 0 aromatic heterocycles. The van der Waals surface area contributed by atoms with E-state index < -0.39 is 17.0 Å².